The first-order chi connectivity index (χ1) is 8.43. The van der Waals surface area contributed by atoms with Gasteiger partial charge >= 0.3 is 0 Å². The van der Waals surface area contributed by atoms with Gasteiger partial charge in [0.05, 0.1) is 0 Å². The molecule has 0 aliphatic carbocycles. The normalized spacial score (nSPS) is 11.3. The van der Waals surface area contributed by atoms with E-state index in [0.717, 1.165) is 0 Å². The van der Waals surface area contributed by atoms with Crippen LogP contribution in [0.4, 0.5) is 0 Å². The van der Waals surface area contributed by atoms with Crippen molar-refractivity contribution in [2.24, 2.45) is 0 Å². The van der Waals surface area contributed by atoms with Gasteiger partial charge in [-0.2, -0.15) is 0 Å². The number of aromatic amines is 1. The molecule has 0 amide bonds. The van der Waals surface area contributed by atoms with Gasteiger partial charge in [-0.15, -0.1) is 0 Å². The molecule has 3 aromatic rings. The predicted molar refractivity (Wildman–Crippen MR) is 73.7 cm³/mol. The van der Waals surface area contributed by atoms with Crippen LogP contribution in [0.1, 0.15) is 11.1 Å². The quantitative estimate of drug-likeness (QED) is 0.617. The van der Waals surface area contributed by atoms with E-state index in [1.165, 1.54) is 22.0 Å². The summed E-state index contributed by atoms with van der Waals surface area (Å²) in [5.74, 6) is 0. The number of rotatable bonds is 2. The van der Waals surface area contributed by atoms with E-state index in [9.17, 15) is 0 Å². The van der Waals surface area contributed by atoms with E-state index in [0.29, 0.717) is 0 Å². The van der Waals surface area contributed by atoms with Crippen LogP contribution in [0, 0.1) is 0 Å². The maximum absolute atomic E-state index is 3.22. The molecule has 1 nitrogen and oxygen atoms in total. The lowest BCUT2D eigenvalue weighted by Crippen LogP contribution is -1.74. The Bertz CT molecular complexity index is 647. The largest absolute Gasteiger partial charge is 0.361 e. The monoisotopic (exact) mass is 219 g/mol. The fraction of sp³-hybridized carbons (Fsp3) is 0. The second kappa shape index (κ2) is 4.30. The summed E-state index contributed by atoms with van der Waals surface area (Å²) in [6, 6.07) is 18.8. The molecule has 1 N–H and O–H groups in total. The summed E-state index contributed by atoms with van der Waals surface area (Å²) in [5, 5.41) is 1.26. The van der Waals surface area contributed by atoms with Gasteiger partial charge in [-0.05, 0) is 23.3 Å². The van der Waals surface area contributed by atoms with Gasteiger partial charge in [0.2, 0.25) is 0 Å². The number of nitrogens with one attached hydrogen (secondary N) is 1. The number of H-pyrrole nitrogens is 1. The summed E-state index contributed by atoms with van der Waals surface area (Å²) in [4.78, 5) is 3.22. The zero-order valence-corrected chi connectivity index (χ0v) is 9.43. The Morgan fingerprint density at radius 1 is 0.765 bits per heavy atom. The van der Waals surface area contributed by atoms with Crippen LogP contribution in [0.2, 0.25) is 0 Å². The summed E-state index contributed by atoms with van der Waals surface area (Å²) >= 11 is 0. The Morgan fingerprint density at radius 3 is 2.53 bits per heavy atom. The van der Waals surface area contributed by atoms with Gasteiger partial charge in [-0.1, -0.05) is 54.6 Å². The lowest BCUT2D eigenvalue weighted by Gasteiger charge is -1.97. The molecule has 82 valence electrons. The maximum Gasteiger partial charge on any atom is 0.0459 e. The number of hydrogen-bond donors (Lipinski definition) is 1. The predicted octanol–water partition coefficient (Wildman–Crippen LogP) is 4.34. The molecule has 1 heterocycles. The Hall–Kier alpha value is -2.28. The van der Waals surface area contributed by atoms with Gasteiger partial charge in [0, 0.05) is 17.1 Å². The van der Waals surface area contributed by atoms with Crippen molar-refractivity contribution in [1.82, 2.24) is 4.98 Å². The van der Waals surface area contributed by atoms with E-state index in [4.69, 9.17) is 0 Å². The van der Waals surface area contributed by atoms with Gasteiger partial charge in [-0.3, -0.25) is 0 Å². The molecule has 0 unspecified atom stereocenters. The molecule has 3 rings (SSSR count). The third-order valence-electron chi connectivity index (χ3n) is 2.88. The van der Waals surface area contributed by atoms with Gasteiger partial charge in [0.15, 0.2) is 0 Å². The van der Waals surface area contributed by atoms with Gasteiger partial charge in [0.25, 0.3) is 0 Å². The van der Waals surface area contributed by atoms with E-state index in [-0.39, 0.29) is 0 Å². The molecule has 0 spiro atoms. The number of fused-ring (bicyclic) bond motifs is 1. The van der Waals surface area contributed by atoms with Gasteiger partial charge < -0.3 is 4.98 Å². The van der Waals surface area contributed by atoms with Crippen LogP contribution < -0.4 is 0 Å². The molecule has 0 bridgehead atoms. The highest BCUT2D eigenvalue weighted by Gasteiger charge is 1.97. The van der Waals surface area contributed by atoms with Crippen molar-refractivity contribution in [3.05, 3.63) is 71.9 Å². The van der Waals surface area contributed by atoms with Gasteiger partial charge in [-0.25, -0.2) is 0 Å². The van der Waals surface area contributed by atoms with Crippen LogP contribution in [0.15, 0.2) is 60.8 Å². The Morgan fingerprint density at radius 2 is 1.65 bits per heavy atom. The second-order valence-electron chi connectivity index (χ2n) is 4.03. The minimum absolute atomic E-state index is 1.18. The van der Waals surface area contributed by atoms with Crippen molar-refractivity contribution in [3.8, 4) is 0 Å². The van der Waals surface area contributed by atoms with Crippen molar-refractivity contribution < 1.29 is 0 Å². The van der Waals surface area contributed by atoms with Crippen LogP contribution in [-0.2, 0) is 0 Å². The Labute approximate surface area is 100 Å². The zero-order valence-electron chi connectivity index (χ0n) is 9.43. The first-order valence-corrected chi connectivity index (χ1v) is 5.73. The molecule has 0 aliphatic heterocycles. The summed E-state index contributed by atoms with van der Waals surface area (Å²) in [6.45, 7) is 0. The van der Waals surface area contributed by atoms with E-state index in [2.05, 4.69) is 65.7 Å². The van der Waals surface area contributed by atoms with Gasteiger partial charge in [0.1, 0.15) is 0 Å². The summed E-state index contributed by atoms with van der Waals surface area (Å²) in [7, 11) is 0. The molecule has 0 aliphatic rings. The average molecular weight is 219 g/mol. The molecule has 0 fully saturated rings. The molecule has 0 atom stereocenters. The third-order valence-corrected chi connectivity index (χ3v) is 2.88. The van der Waals surface area contributed by atoms with E-state index in [1.54, 1.807) is 0 Å². The van der Waals surface area contributed by atoms with Crippen molar-refractivity contribution in [1.29, 1.82) is 0 Å². The Balaban J connectivity index is 2.00. The first-order valence-electron chi connectivity index (χ1n) is 5.73. The molecule has 17 heavy (non-hydrogen) atoms. The summed E-state index contributed by atoms with van der Waals surface area (Å²) < 4.78 is 0. The standard InChI is InChI=1S/C16H13N/c1-2-5-13(6-3-1)9-10-14-7-4-8-16-15(14)11-12-17-16/h1-12,17H. The SMILES string of the molecule is C(=Cc1cccc2[nH]ccc12)c1ccccc1. The van der Waals surface area contributed by atoms with Crippen LogP contribution >= 0.6 is 0 Å². The number of benzene rings is 2. The molecule has 0 saturated heterocycles. The van der Waals surface area contributed by atoms with Crippen LogP contribution in [0.5, 0.6) is 0 Å². The highest BCUT2D eigenvalue weighted by atomic mass is 14.7. The van der Waals surface area contributed by atoms with Crippen molar-refractivity contribution in [2.45, 2.75) is 0 Å². The van der Waals surface area contributed by atoms with E-state index >= 15 is 0 Å². The lowest BCUT2D eigenvalue weighted by molar-refractivity contribution is 1.48. The topological polar surface area (TPSA) is 15.8 Å². The summed E-state index contributed by atoms with van der Waals surface area (Å²) in [5.41, 5.74) is 3.65. The summed E-state index contributed by atoms with van der Waals surface area (Å²) in [6.07, 6.45) is 6.28. The van der Waals surface area contributed by atoms with Crippen LogP contribution in [0.3, 0.4) is 0 Å². The number of aromatic nitrogens is 1. The highest BCUT2D eigenvalue weighted by Crippen LogP contribution is 2.19. The van der Waals surface area contributed by atoms with Crippen LogP contribution in [0.25, 0.3) is 23.1 Å². The molecule has 1 heteroatoms. The first kappa shape index (κ1) is 9.91. The fourth-order valence-electron chi connectivity index (χ4n) is 2.01. The minimum Gasteiger partial charge on any atom is -0.361 e. The fourth-order valence-corrected chi connectivity index (χ4v) is 2.01. The molecular weight excluding hydrogens is 206 g/mol. The third kappa shape index (κ3) is 2.00. The molecular formula is C16H13N. The maximum atomic E-state index is 3.22. The van der Waals surface area contributed by atoms with Crippen molar-refractivity contribution >= 4 is 23.1 Å². The Kier molecular flexibility index (Phi) is 2.51. The lowest BCUT2D eigenvalue weighted by atomic mass is 10.1. The number of hydrogen-bond acceptors (Lipinski definition) is 0. The van der Waals surface area contributed by atoms with Crippen molar-refractivity contribution in [2.75, 3.05) is 0 Å². The highest BCUT2D eigenvalue weighted by molar-refractivity contribution is 5.91. The smallest absolute Gasteiger partial charge is 0.0459 e. The molecule has 0 radical (unpaired) electrons. The zero-order chi connectivity index (χ0) is 11.5. The van der Waals surface area contributed by atoms with E-state index in [1.807, 2.05) is 12.3 Å². The van der Waals surface area contributed by atoms with Crippen LogP contribution in [-0.4, -0.2) is 4.98 Å². The van der Waals surface area contributed by atoms with Crippen molar-refractivity contribution in [3.63, 3.8) is 0 Å². The molecule has 1 aromatic heterocycles. The van der Waals surface area contributed by atoms with E-state index < -0.39 is 0 Å². The minimum atomic E-state index is 1.18. The molecule has 2 aromatic carbocycles. The molecule has 0 saturated carbocycles. The average Bonchev–Trinajstić information content (AvgIpc) is 2.86. The second-order valence-corrected chi connectivity index (χ2v) is 4.03.